The third-order valence-corrected chi connectivity index (χ3v) is 3.89. The van der Waals surface area contributed by atoms with Gasteiger partial charge in [0, 0.05) is 5.69 Å². The lowest BCUT2D eigenvalue weighted by molar-refractivity contribution is -0.112. The number of carbonyl (C=O) groups is 2. The molecule has 3 aromatic rings. The first-order valence-electron chi connectivity index (χ1n) is 8.62. The van der Waals surface area contributed by atoms with E-state index in [1.807, 2.05) is 6.07 Å². The predicted molar refractivity (Wildman–Crippen MR) is 105 cm³/mol. The fourth-order valence-electron chi connectivity index (χ4n) is 2.45. The number of esters is 1. The zero-order chi connectivity index (χ0) is 21.5. The molecule has 0 atom stereocenters. The summed E-state index contributed by atoms with van der Waals surface area (Å²) in [7, 11) is 1.39. The monoisotopic (exact) mass is 406 g/mol. The molecule has 3 rings (SSSR count). The highest BCUT2D eigenvalue weighted by Crippen LogP contribution is 2.30. The Kier molecular flexibility index (Phi) is 6.25. The molecule has 0 radical (unpaired) electrons. The van der Waals surface area contributed by atoms with Gasteiger partial charge in [0.05, 0.1) is 13.4 Å². The second-order valence-electron chi connectivity index (χ2n) is 5.91. The number of carbonyl (C=O) groups excluding carboxylic acids is 2. The molecule has 0 aliphatic heterocycles. The fraction of sp³-hybridized carbons (Fsp3) is 0.0455. The number of methoxy groups -OCH3 is 1. The average molecular weight is 406 g/mol. The van der Waals surface area contributed by atoms with Gasteiger partial charge in [0.15, 0.2) is 11.5 Å². The number of anilines is 1. The average Bonchev–Trinajstić information content (AvgIpc) is 3.29. The molecule has 0 saturated heterocycles. The highest BCUT2D eigenvalue weighted by atomic mass is 19.1. The Balaban J connectivity index is 1.79. The van der Waals surface area contributed by atoms with Gasteiger partial charge < -0.3 is 19.2 Å². The summed E-state index contributed by atoms with van der Waals surface area (Å²) < 4.78 is 28.4. The van der Waals surface area contributed by atoms with Crippen LogP contribution in [0.15, 0.2) is 70.9 Å². The van der Waals surface area contributed by atoms with Crippen LogP contribution in [0.1, 0.15) is 16.1 Å². The normalized spacial score (nSPS) is 10.8. The van der Waals surface area contributed by atoms with Crippen LogP contribution in [0.4, 0.5) is 10.1 Å². The van der Waals surface area contributed by atoms with Crippen molar-refractivity contribution >= 4 is 23.6 Å². The van der Waals surface area contributed by atoms with Crippen LogP contribution < -0.4 is 14.8 Å². The van der Waals surface area contributed by atoms with E-state index in [1.54, 1.807) is 12.1 Å². The third kappa shape index (κ3) is 4.91. The summed E-state index contributed by atoms with van der Waals surface area (Å²) >= 11 is 0. The molecule has 1 heterocycles. The Morgan fingerprint density at radius 2 is 1.90 bits per heavy atom. The summed E-state index contributed by atoms with van der Waals surface area (Å²) in [5, 5.41) is 11.9. The van der Waals surface area contributed by atoms with Crippen molar-refractivity contribution in [2.24, 2.45) is 0 Å². The van der Waals surface area contributed by atoms with Crippen LogP contribution in [0.25, 0.3) is 6.08 Å². The van der Waals surface area contributed by atoms with E-state index >= 15 is 0 Å². The number of hydrogen-bond donors (Lipinski definition) is 1. The van der Waals surface area contributed by atoms with Gasteiger partial charge in [-0.15, -0.1) is 0 Å². The Hall–Kier alpha value is -4.38. The minimum Gasteiger partial charge on any atom is -0.493 e. The van der Waals surface area contributed by atoms with Gasteiger partial charge in [0.1, 0.15) is 17.5 Å². The quantitative estimate of drug-likeness (QED) is 0.285. The molecule has 30 heavy (non-hydrogen) atoms. The van der Waals surface area contributed by atoms with Crippen molar-refractivity contribution in [1.82, 2.24) is 0 Å². The van der Waals surface area contributed by atoms with E-state index < -0.39 is 17.7 Å². The van der Waals surface area contributed by atoms with Crippen molar-refractivity contribution in [2.45, 2.75) is 0 Å². The number of halogens is 1. The van der Waals surface area contributed by atoms with Crippen molar-refractivity contribution in [1.29, 1.82) is 5.26 Å². The first kappa shape index (κ1) is 20.4. The Morgan fingerprint density at radius 3 is 2.53 bits per heavy atom. The van der Waals surface area contributed by atoms with Gasteiger partial charge in [-0.2, -0.15) is 5.26 Å². The zero-order valence-electron chi connectivity index (χ0n) is 15.7. The van der Waals surface area contributed by atoms with Crippen molar-refractivity contribution in [3.63, 3.8) is 0 Å². The largest absolute Gasteiger partial charge is 0.493 e. The van der Waals surface area contributed by atoms with Crippen molar-refractivity contribution in [2.75, 3.05) is 12.4 Å². The lowest BCUT2D eigenvalue weighted by atomic mass is 10.1. The number of rotatable bonds is 6. The van der Waals surface area contributed by atoms with Gasteiger partial charge >= 0.3 is 5.97 Å². The number of nitriles is 1. The fourth-order valence-corrected chi connectivity index (χ4v) is 2.45. The van der Waals surface area contributed by atoms with Gasteiger partial charge in [-0.1, -0.05) is 6.07 Å². The van der Waals surface area contributed by atoms with E-state index in [0.29, 0.717) is 11.3 Å². The second kappa shape index (κ2) is 9.21. The molecule has 1 amide bonds. The van der Waals surface area contributed by atoms with Crippen LogP contribution in [0.3, 0.4) is 0 Å². The molecule has 0 fully saturated rings. The topological polar surface area (TPSA) is 102 Å². The molecular weight excluding hydrogens is 391 g/mol. The van der Waals surface area contributed by atoms with Crippen molar-refractivity contribution < 1.29 is 27.9 Å². The minimum atomic E-state index is -0.696. The third-order valence-electron chi connectivity index (χ3n) is 3.89. The molecule has 0 bridgehead atoms. The number of amides is 1. The number of ether oxygens (including phenoxy) is 2. The molecule has 1 N–H and O–H groups in total. The van der Waals surface area contributed by atoms with E-state index in [-0.39, 0.29) is 22.8 Å². The highest BCUT2D eigenvalue weighted by molar-refractivity contribution is 6.09. The predicted octanol–water partition coefficient (Wildman–Crippen LogP) is 4.19. The van der Waals surface area contributed by atoms with Crippen molar-refractivity contribution in [3.8, 4) is 17.6 Å². The number of benzene rings is 2. The zero-order valence-corrected chi connectivity index (χ0v) is 15.7. The second-order valence-corrected chi connectivity index (χ2v) is 5.91. The molecule has 0 unspecified atom stereocenters. The first-order chi connectivity index (χ1) is 14.5. The molecular formula is C22H15FN2O5. The molecule has 0 spiro atoms. The van der Waals surface area contributed by atoms with Gasteiger partial charge in [0.25, 0.3) is 5.91 Å². The number of nitrogens with zero attached hydrogens (tertiary/aromatic N) is 1. The van der Waals surface area contributed by atoms with E-state index in [9.17, 15) is 19.2 Å². The molecule has 0 saturated carbocycles. The lowest BCUT2D eigenvalue weighted by Crippen LogP contribution is -2.13. The smallest absolute Gasteiger partial charge is 0.379 e. The molecule has 1 aromatic heterocycles. The molecule has 0 aliphatic carbocycles. The molecule has 2 aromatic carbocycles. The number of hydrogen-bond acceptors (Lipinski definition) is 6. The van der Waals surface area contributed by atoms with Crippen LogP contribution in [0, 0.1) is 17.1 Å². The maximum Gasteiger partial charge on any atom is 0.379 e. The van der Waals surface area contributed by atoms with Crippen LogP contribution in [0.2, 0.25) is 0 Å². The minimum absolute atomic E-state index is 0.0326. The molecule has 8 heteroatoms. The summed E-state index contributed by atoms with van der Waals surface area (Å²) in [5.41, 5.74) is 0.637. The van der Waals surface area contributed by atoms with E-state index in [4.69, 9.17) is 13.9 Å². The van der Waals surface area contributed by atoms with Gasteiger partial charge in [-0.05, 0) is 60.2 Å². The molecule has 0 aliphatic rings. The SMILES string of the molecule is COc1cc(/C=C(\C#N)C(=O)Nc2ccc(F)cc2)ccc1OC(=O)c1ccco1. The Morgan fingerprint density at radius 1 is 1.13 bits per heavy atom. The van der Waals surface area contributed by atoms with E-state index in [1.165, 1.54) is 61.9 Å². The maximum atomic E-state index is 13.0. The Bertz CT molecular complexity index is 1130. The van der Waals surface area contributed by atoms with Crippen molar-refractivity contribution in [3.05, 3.63) is 83.6 Å². The standard InChI is InChI=1S/C22H15FN2O5/c1-28-20-12-14(4-9-18(20)30-22(27)19-3-2-10-29-19)11-15(13-24)21(26)25-17-7-5-16(23)6-8-17/h2-12H,1H3,(H,25,26)/b15-11+. The summed E-state index contributed by atoms with van der Waals surface area (Å²) in [6.45, 7) is 0. The Labute approximate surface area is 170 Å². The van der Waals surface area contributed by atoms with Gasteiger partial charge in [-0.3, -0.25) is 4.79 Å². The number of furan rings is 1. The number of nitrogens with one attached hydrogen (secondary N) is 1. The van der Waals surface area contributed by atoms with E-state index in [2.05, 4.69) is 5.32 Å². The highest BCUT2D eigenvalue weighted by Gasteiger charge is 2.16. The lowest BCUT2D eigenvalue weighted by Gasteiger charge is -2.09. The summed E-state index contributed by atoms with van der Waals surface area (Å²) in [4.78, 5) is 24.4. The van der Waals surface area contributed by atoms with E-state index in [0.717, 1.165) is 0 Å². The van der Waals surface area contributed by atoms with Crippen LogP contribution >= 0.6 is 0 Å². The summed E-state index contributed by atoms with van der Waals surface area (Å²) in [6.07, 6.45) is 2.70. The first-order valence-corrected chi connectivity index (χ1v) is 8.62. The maximum absolute atomic E-state index is 13.0. The van der Waals surface area contributed by atoms with Crippen LogP contribution in [0.5, 0.6) is 11.5 Å². The summed E-state index contributed by atoms with van der Waals surface area (Å²) in [6, 6.07) is 14.5. The molecule has 150 valence electrons. The van der Waals surface area contributed by atoms with Gasteiger partial charge in [0.2, 0.25) is 5.76 Å². The van der Waals surface area contributed by atoms with Crippen LogP contribution in [-0.4, -0.2) is 19.0 Å². The molecule has 7 nitrogen and oxygen atoms in total. The van der Waals surface area contributed by atoms with Crippen LogP contribution in [-0.2, 0) is 4.79 Å². The van der Waals surface area contributed by atoms with Gasteiger partial charge in [-0.25, -0.2) is 9.18 Å². The summed E-state index contributed by atoms with van der Waals surface area (Å²) in [5.74, 6) is -1.39.